The lowest BCUT2D eigenvalue weighted by molar-refractivity contribution is -0.249. The van der Waals surface area contributed by atoms with Crippen LogP contribution in [0.2, 0.25) is 0 Å². The van der Waals surface area contributed by atoms with Gasteiger partial charge < -0.3 is 9.84 Å². The summed E-state index contributed by atoms with van der Waals surface area (Å²) in [5, 5.41) is 10.7. The SMILES string of the molecule is O[C@H]1C[C@H]2CC3CO[C@@]4(C3)N3CCC[C@H]1[C@]24CCC3. The first-order chi connectivity index (χ1) is 9.26. The fourth-order valence-corrected chi connectivity index (χ4v) is 6.96. The van der Waals surface area contributed by atoms with Crippen LogP contribution < -0.4 is 0 Å². The van der Waals surface area contributed by atoms with Crippen molar-refractivity contribution in [3.63, 3.8) is 0 Å². The van der Waals surface area contributed by atoms with E-state index in [9.17, 15) is 5.11 Å². The normalized spacial score (nSPS) is 62.7. The van der Waals surface area contributed by atoms with Gasteiger partial charge in [0.05, 0.1) is 12.7 Å². The van der Waals surface area contributed by atoms with Gasteiger partial charge in [0.2, 0.25) is 0 Å². The molecule has 4 bridgehead atoms. The summed E-state index contributed by atoms with van der Waals surface area (Å²) in [6.07, 6.45) is 8.69. The molecule has 3 heterocycles. The number of aliphatic hydroxyl groups excluding tert-OH is 1. The Labute approximate surface area is 115 Å². The fourth-order valence-electron chi connectivity index (χ4n) is 6.96. The summed E-state index contributed by atoms with van der Waals surface area (Å²) in [6.45, 7) is 3.41. The van der Waals surface area contributed by atoms with Crippen molar-refractivity contribution < 1.29 is 9.84 Å². The van der Waals surface area contributed by atoms with Crippen LogP contribution in [0.5, 0.6) is 0 Å². The standard InChI is InChI=1S/C16H25NO2/c18-14-8-12-7-11-9-16(19-10-11)15(12)4-2-6-17(16)5-1-3-13(14)15/h11-14,18H,1-10H2/t11?,12-,13-,14+,15+,16-/m1/s1. The van der Waals surface area contributed by atoms with Crippen LogP contribution in [0.1, 0.15) is 44.9 Å². The van der Waals surface area contributed by atoms with Crippen LogP contribution in [0.25, 0.3) is 0 Å². The maximum absolute atomic E-state index is 10.7. The van der Waals surface area contributed by atoms with Crippen LogP contribution in [0.4, 0.5) is 0 Å². The Morgan fingerprint density at radius 1 is 1.16 bits per heavy atom. The van der Waals surface area contributed by atoms with Gasteiger partial charge in [-0.25, -0.2) is 0 Å². The zero-order valence-corrected chi connectivity index (χ0v) is 11.7. The van der Waals surface area contributed by atoms with E-state index < -0.39 is 0 Å². The minimum absolute atomic E-state index is 0.0253. The van der Waals surface area contributed by atoms with Gasteiger partial charge in [0.1, 0.15) is 5.72 Å². The largest absolute Gasteiger partial charge is 0.393 e. The van der Waals surface area contributed by atoms with Gasteiger partial charge in [-0.05, 0) is 62.7 Å². The van der Waals surface area contributed by atoms with Crippen LogP contribution >= 0.6 is 0 Å². The zero-order chi connectivity index (χ0) is 12.7. The van der Waals surface area contributed by atoms with Crippen LogP contribution in [-0.2, 0) is 4.74 Å². The van der Waals surface area contributed by atoms with Crippen LogP contribution in [-0.4, -0.2) is 41.5 Å². The molecule has 2 unspecified atom stereocenters. The monoisotopic (exact) mass is 263 g/mol. The molecular formula is C16H25NO2. The minimum atomic E-state index is -0.0529. The molecule has 3 heteroatoms. The second kappa shape index (κ2) is 3.55. The fraction of sp³-hybridized carbons (Fsp3) is 1.00. The van der Waals surface area contributed by atoms with Crippen molar-refractivity contribution in [2.24, 2.45) is 23.2 Å². The van der Waals surface area contributed by atoms with E-state index in [1.807, 2.05) is 0 Å². The number of rotatable bonds is 0. The Hall–Kier alpha value is -0.120. The molecule has 5 aliphatic rings. The maximum atomic E-state index is 10.7. The smallest absolute Gasteiger partial charge is 0.128 e. The second-order valence-electron chi connectivity index (χ2n) is 7.78. The van der Waals surface area contributed by atoms with Crippen molar-refractivity contribution in [1.82, 2.24) is 4.90 Å². The minimum Gasteiger partial charge on any atom is -0.393 e. The summed E-state index contributed by atoms with van der Waals surface area (Å²) in [4.78, 5) is 2.70. The highest BCUT2D eigenvalue weighted by Gasteiger charge is 2.73. The van der Waals surface area contributed by atoms with Crippen molar-refractivity contribution in [3.05, 3.63) is 0 Å². The molecule has 5 fully saturated rings. The molecule has 0 aromatic heterocycles. The van der Waals surface area contributed by atoms with Crippen molar-refractivity contribution in [1.29, 1.82) is 0 Å². The Morgan fingerprint density at radius 2 is 2.05 bits per heavy atom. The van der Waals surface area contributed by atoms with Gasteiger partial charge in [-0.1, -0.05) is 0 Å². The average Bonchev–Trinajstić information content (AvgIpc) is 2.86. The first-order valence-corrected chi connectivity index (χ1v) is 8.33. The van der Waals surface area contributed by atoms with Gasteiger partial charge in [-0.15, -0.1) is 0 Å². The molecule has 2 spiro atoms. The third kappa shape index (κ3) is 1.14. The van der Waals surface area contributed by atoms with Crippen LogP contribution in [0.15, 0.2) is 0 Å². The van der Waals surface area contributed by atoms with E-state index in [4.69, 9.17) is 4.74 Å². The predicted octanol–water partition coefficient (Wildman–Crippen LogP) is 2.00. The number of hydrogen-bond acceptors (Lipinski definition) is 3. The average molecular weight is 263 g/mol. The predicted molar refractivity (Wildman–Crippen MR) is 71.5 cm³/mol. The van der Waals surface area contributed by atoms with Crippen molar-refractivity contribution in [3.8, 4) is 0 Å². The molecule has 2 saturated carbocycles. The number of hydrogen-bond donors (Lipinski definition) is 1. The van der Waals surface area contributed by atoms with E-state index in [0.29, 0.717) is 11.3 Å². The highest BCUT2D eigenvalue weighted by molar-refractivity contribution is 5.19. The highest BCUT2D eigenvalue weighted by atomic mass is 16.5. The molecule has 2 aliphatic carbocycles. The number of fused-ring (bicyclic) bond motifs is 1. The number of aliphatic hydroxyl groups is 1. The molecule has 3 nitrogen and oxygen atoms in total. The van der Waals surface area contributed by atoms with Crippen LogP contribution in [0, 0.1) is 23.2 Å². The van der Waals surface area contributed by atoms with Crippen molar-refractivity contribution in [2.75, 3.05) is 19.7 Å². The van der Waals surface area contributed by atoms with Crippen molar-refractivity contribution >= 4 is 0 Å². The van der Waals surface area contributed by atoms with Crippen molar-refractivity contribution in [2.45, 2.75) is 56.8 Å². The molecule has 3 saturated heterocycles. The number of piperidine rings is 1. The third-order valence-corrected chi connectivity index (χ3v) is 7.32. The van der Waals surface area contributed by atoms with Gasteiger partial charge in [-0.3, -0.25) is 4.90 Å². The Bertz CT molecular complexity index is 414. The summed E-state index contributed by atoms with van der Waals surface area (Å²) in [5.41, 5.74) is 0.325. The summed E-state index contributed by atoms with van der Waals surface area (Å²) < 4.78 is 6.55. The topological polar surface area (TPSA) is 32.7 Å². The van der Waals surface area contributed by atoms with Gasteiger partial charge in [0, 0.05) is 18.5 Å². The Morgan fingerprint density at radius 3 is 3.00 bits per heavy atom. The van der Waals surface area contributed by atoms with Gasteiger partial charge in [0.15, 0.2) is 0 Å². The van der Waals surface area contributed by atoms with E-state index in [1.165, 1.54) is 51.6 Å². The Balaban J connectivity index is 1.73. The molecule has 0 radical (unpaired) electrons. The van der Waals surface area contributed by atoms with E-state index in [-0.39, 0.29) is 11.8 Å². The lowest BCUT2D eigenvalue weighted by atomic mass is 9.54. The van der Waals surface area contributed by atoms with Crippen LogP contribution in [0.3, 0.4) is 0 Å². The number of ether oxygens (including phenoxy) is 1. The third-order valence-electron chi connectivity index (χ3n) is 7.32. The quantitative estimate of drug-likeness (QED) is 0.725. The molecule has 3 aliphatic heterocycles. The maximum Gasteiger partial charge on any atom is 0.128 e. The molecule has 106 valence electrons. The molecule has 7 atom stereocenters. The molecular weight excluding hydrogens is 238 g/mol. The van der Waals surface area contributed by atoms with E-state index in [0.717, 1.165) is 24.9 Å². The van der Waals surface area contributed by atoms with Gasteiger partial charge in [-0.2, -0.15) is 0 Å². The summed E-state index contributed by atoms with van der Waals surface area (Å²) in [5.74, 6) is 2.01. The molecule has 0 aromatic carbocycles. The van der Waals surface area contributed by atoms with E-state index in [2.05, 4.69) is 4.90 Å². The van der Waals surface area contributed by atoms with Gasteiger partial charge in [0.25, 0.3) is 0 Å². The molecule has 1 N–H and O–H groups in total. The lowest BCUT2D eigenvalue weighted by Gasteiger charge is -2.60. The molecule has 0 amide bonds. The number of nitrogens with zero attached hydrogens (tertiary/aromatic N) is 1. The Kier molecular flexibility index (Phi) is 2.15. The van der Waals surface area contributed by atoms with E-state index >= 15 is 0 Å². The first-order valence-electron chi connectivity index (χ1n) is 8.33. The first kappa shape index (κ1) is 11.5. The summed E-state index contributed by atoms with van der Waals surface area (Å²) in [7, 11) is 0. The zero-order valence-electron chi connectivity index (χ0n) is 11.7. The van der Waals surface area contributed by atoms with Gasteiger partial charge >= 0.3 is 0 Å². The molecule has 5 rings (SSSR count). The lowest BCUT2D eigenvalue weighted by Crippen LogP contribution is -2.66. The second-order valence-corrected chi connectivity index (χ2v) is 7.78. The molecule has 19 heavy (non-hydrogen) atoms. The van der Waals surface area contributed by atoms with E-state index in [1.54, 1.807) is 0 Å². The highest BCUT2D eigenvalue weighted by Crippen LogP contribution is 2.70. The summed E-state index contributed by atoms with van der Waals surface area (Å²) in [6, 6.07) is 0. The summed E-state index contributed by atoms with van der Waals surface area (Å²) >= 11 is 0. The molecule has 0 aromatic rings.